The van der Waals surface area contributed by atoms with Crippen LogP contribution in [0.5, 0.6) is 0 Å². The quantitative estimate of drug-likeness (QED) is 0.726. The molecule has 3 heterocycles. The normalized spacial score (nSPS) is 17.6. The lowest BCUT2D eigenvalue weighted by Crippen LogP contribution is -2.37. The minimum atomic E-state index is -0.164. The Kier molecular flexibility index (Phi) is 4.90. The van der Waals surface area contributed by atoms with Crippen molar-refractivity contribution in [2.45, 2.75) is 53.0 Å². The first-order chi connectivity index (χ1) is 13.9. The van der Waals surface area contributed by atoms with Crippen LogP contribution >= 0.6 is 0 Å². The molecular formula is C22H25N5O2. The highest BCUT2D eigenvalue weighted by molar-refractivity contribution is 5.96. The van der Waals surface area contributed by atoms with Gasteiger partial charge in [0.15, 0.2) is 5.82 Å². The van der Waals surface area contributed by atoms with Gasteiger partial charge in [0.1, 0.15) is 11.3 Å². The lowest BCUT2D eigenvalue weighted by molar-refractivity contribution is 0.0916. The topological polar surface area (TPSA) is 93.8 Å². The fourth-order valence-electron chi connectivity index (χ4n) is 3.99. The average molecular weight is 391 g/mol. The van der Waals surface area contributed by atoms with Gasteiger partial charge < -0.3 is 9.84 Å². The van der Waals surface area contributed by atoms with E-state index in [0.29, 0.717) is 29.3 Å². The Morgan fingerprint density at radius 1 is 1.34 bits per heavy atom. The van der Waals surface area contributed by atoms with Crippen LogP contribution in [0.3, 0.4) is 0 Å². The summed E-state index contributed by atoms with van der Waals surface area (Å²) < 4.78 is 5.29. The highest BCUT2D eigenvalue weighted by Crippen LogP contribution is 2.40. The van der Waals surface area contributed by atoms with Crippen LogP contribution in [0.25, 0.3) is 11.4 Å². The summed E-state index contributed by atoms with van der Waals surface area (Å²) in [7, 11) is 0. The molecule has 0 radical (unpaired) electrons. The fraction of sp³-hybridized carbons (Fsp3) is 0.409. The summed E-state index contributed by atoms with van der Waals surface area (Å²) in [6, 6.07) is 3.66. The van der Waals surface area contributed by atoms with Gasteiger partial charge in [-0.05, 0) is 37.3 Å². The standard InChI is InChI=1S/C22H25N5O2/c1-5-18-19(13(2)27-29-18)21(28)26-17-10-22(3,4)9-16-15(17)12-24-20(25-16)14-7-6-8-23-11-14/h6-8,11-12,17H,5,9-10H2,1-4H3,(H,26,28). The van der Waals surface area contributed by atoms with Gasteiger partial charge in [-0.25, -0.2) is 9.97 Å². The van der Waals surface area contributed by atoms with E-state index in [0.717, 1.165) is 29.7 Å². The Hall–Kier alpha value is -3.09. The molecule has 0 fully saturated rings. The molecule has 4 rings (SSSR count). The Bertz CT molecular complexity index is 1040. The summed E-state index contributed by atoms with van der Waals surface area (Å²) in [6.07, 6.45) is 7.59. The largest absolute Gasteiger partial charge is 0.360 e. The van der Waals surface area contributed by atoms with Gasteiger partial charge in [0.2, 0.25) is 0 Å². The Morgan fingerprint density at radius 2 is 2.17 bits per heavy atom. The van der Waals surface area contributed by atoms with Gasteiger partial charge in [0.05, 0.1) is 17.4 Å². The molecule has 1 unspecified atom stereocenters. The van der Waals surface area contributed by atoms with Crippen molar-refractivity contribution in [1.82, 2.24) is 25.4 Å². The second-order valence-electron chi connectivity index (χ2n) is 8.33. The maximum Gasteiger partial charge on any atom is 0.257 e. The van der Waals surface area contributed by atoms with Crippen molar-refractivity contribution in [3.63, 3.8) is 0 Å². The molecule has 1 aliphatic rings. The third kappa shape index (κ3) is 3.77. The summed E-state index contributed by atoms with van der Waals surface area (Å²) in [5, 5.41) is 7.13. The van der Waals surface area contributed by atoms with Crippen LogP contribution in [0.2, 0.25) is 0 Å². The zero-order valence-electron chi connectivity index (χ0n) is 17.2. The monoisotopic (exact) mass is 391 g/mol. The maximum absolute atomic E-state index is 13.0. The fourth-order valence-corrected chi connectivity index (χ4v) is 3.99. The molecule has 7 nitrogen and oxygen atoms in total. The van der Waals surface area contributed by atoms with Crippen molar-refractivity contribution >= 4 is 5.91 Å². The van der Waals surface area contributed by atoms with E-state index in [1.54, 1.807) is 19.3 Å². The second-order valence-corrected chi connectivity index (χ2v) is 8.33. The number of aryl methyl sites for hydroxylation is 2. The first kappa shape index (κ1) is 19.2. The van der Waals surface area contributed by atoms with Crippen molar-refractivity contribution in [3.05, 3.63) is 59.0 Å². The van der Waals surface area contributed by atoms with Gasteiger partial charge in [-0.1, -0.05) is 25.9 Å². The molecule has 1 amide bonds. The number of hydrogen-bond acceptors (Lipinski definition) is 6. The number of amides is 1. The third-order valence-electron chi connectivity index (χ3n) is 5.38. The van der Waals surface area contributed by atoms with Crippen LogP contribution in [0.1, 0.15) is 66.3 Å². The summed E-state index contributed by atoms with van der Waals surface area (Å²) in [5.74, 6) is 1.10. The predicted molar refractivity (Wildman–Crippen MR) is 108 cm³/mol. The molecule has 0 spiro atoms. The molecule has 0 aromatic carbocycles. The number of carbonyl (C=O) groups excluding carboxylic acids is 1. The summed E-state index contributed by atoms with van der Waals surface area (Å²) in [4.78, 5) is 26.5. The number of fused-ring (bicyclic) bond motifs is 1. The molecular weight excluding hydrogens is 366 g/mol. The number of rotatable bonds is 4. The molecule has 0 saturated carbocycles. The molecule has 0 saturated heterocycles. The van der Waals surface area contributed by atoms with Crippen LogP contribution in [-0.2, 0) is 12.8 Å². The van der Waals surface area contributed by atoms with Crippen molar-refractivity contribution in [3.8, 4) is 11.4 Å². The lowest BCUT2D eigenvalue weighted by Gasteiger charge is -2.36. The predicted octanol–water partition coefficient (Wildman–Crippen LogP) is 3.84. The van der Waals surface area contributed by atoms with Gasteiger partial charge in [-0.15, -0.1) is 0 Å². The van der Waals surface area contributed by atoms with Crippen molar-refractivity contribution in [1.29, 1.82) is 0 Å². The highest BCUT2D eigenvalue weighted by atomic mass is 16.5. The average Bonchev–Trinajstić information content (AvgIpc) is 3.08. The van der Waals surface area contributed by atoms with Crippen LogP contribution in [-0.4, -0.2) is 26.0 Å². The molecule has 1 atom stereocenters. The summed E-state index contributed by atoms with van der Waals surface area (Å²) in [5.41, 5.74) is 3.97. The molecule has 3 aromatic rings. The maximum atomic E-state index is 13.0. The van der Waals surface area contributed by atoms with Crippen molar-refractivity contribution in [2.75, 3.05) is 0 Å². The van der Waals surface area contributed by atoms with E-state index < -0.39 is 0 Å². The zero-order valence-corrected chi connectivity index (χ0v) is 17.2. The minimum Gasteiger partial charge on any atom is -0.360 e. The Morgan fingerprint density at radius 3 is 2.90 bits per heavy atom. The van der Waals surface area contributed by atoms with Gasteiger partial charge in [-0.3, -0.25) is 9.78 Å². The smallest absolute Gasteiger partial charge is 0.257 e. The molecule has 3 aromatic heterocycles. The number of nitrogens with zero attached hydrogens (tertiary/aromatic N) is 4. The van der Waals surface area contributed by atoms with E-state index in [2.05, 4.69) is 34.3 Å². The third-order valence-corrected chi connectivity index (χ3v) is 5.38. The van der Waals surface area contributed by atoms with Crippen molar-refractivity contribution in [2.24, 2.45) is 5.41 Å². The van der Waals surface area contributed by atoms with Gasteiger partial charge in [0, 0.05) is 36.1 Å². The lowest BCUT2D eigenvalue weighted by atomic mass is 9.74. The van der Waals surface area contributed by atoms with Crippen molar-refractivity contribution < 1.29 is 9.32 Å². The van der Waals surface area contributed by atoms with Crippen LogP contribution < -0.4 is 5.32 Å². The highest BCUT2D eigenvalue weighted by Gasteiger charge is 2.35. The number of hydrogen-bond donors (Lipinski definition) is 1. The van der Waals surface area contributed by atoms with E-state index in [-0.39, 0.29) is 17.4 Å². The molecule has 29 heavy (non-hydrogen) atoms. The SMILES string of the molecule is CCc1onc(C)c1C(=O)NC1CC(C)(C)Cc2nc(-c3cccnc3)ncc21. The Balaban J connectivity index is 1.67. The van der Waals surface area contributed by atoms with Gasteiger partial charge in [-0.2, -0.15) is 0 Å². The summed E-state index contributed by atoms with van der Waals surface area (Å²) >= 11 is 0. The molecule has 0 aliphatic heterocycles. The molecule has 1 aliphatic carbocycles. The Labute approximate surface area is 170 Å². The van der Waals surface area contributed by atoms with Gasteiger partial charge in [0.25, 0.3) is 5.91 Å². The molecule has 1 N–H and O–H groups in total. The second kappa shape index (κ2) is 7.39. The molecule has 0 bridgehead atoms. The van der Waals surface area contributed by atoms with Crippen LogP contribution in [0.4, 0.5) is 0 Å². The number of aromatic nitrogens is 4. The van der Waals surface area contributed by atoms with Crippen LogP contribution in [0, 0.1) is 12.3 Å². The number of nitrogens with one attached hydrogen (secondary N) is 1. The summed E-state index contributed by atoms with van der Waals surface area (Å²) in [6.45, 7) is 8.13. The van der Waals surface area contributed by atoms with Crippen LogP contribution in [0.15, 0.2) is 35.2 Å². The number of carbonyl (C=O) groups is 1. The number of pyridine rings is 1. The molecule has 7 heteroatoms. The molecule has 150 valence electrons. The van der Waals surface area contributed by atoms with E-state index in [1.165, 1.54) is 0 Å². The van der Waals surface area contributed by atoms with E-state index in [4.69, 9.17) is 9.51 Å². The first-order valence-electron chi connectivity index (χ1n) is 9.90. The van der Waals surface area contributed by atoms with E-state index in [9.17, 15) is 4.79 Å². The zero-order chi connectivity index (χ0) is 20.6. The first-order valence-corrected chi connectivity index (χ1v) is 9.90. The van der Waals surface area contributed by atoms with E-state index >= 15 is 0 Å². The van der Waals surface area contributed by atoms with Gasteiger partial charge >= 0.3 is 0 Å². The van der Waals surface area contributed by atoms with E-state index in [1.807, 2.05) is 25.3 Å². The minimum absolute atomic E-state index is 0.00276.